The standard InChI is InChI=1S/C26H29FN4O2/c1-3-10-31(19-12-22-20(26(29)32)7-8-23(27)25(22)33-15-19)16(2)4-6-18-14-30-24-9-5-17(13-28)11-21(18)24/h5,7-9,11,14,16,19,30H,3-4,6,10,12,15H2,1-2H3,(H2,29,32)/t16-,19-/m0/s1. The van der Waals surface area contributed by atoms with Gasteiger partial charge in [-0.3, -0.25) is 9.69 Å². The number of nitrogens with zero attached hydrogens (tertiary/aromatic N) is 2. The van der Waals surface area contributed by atoms with Crippen molar-refractivity contribution in [1.29, 1.82) is 5.26 Å². The van der Waals surface area contributed by atoms with E-state index in [1.807, 2.05) is 24.4 Å². The van der Waals surface area contributed by atoms with Gasteiger partial charge in [0.2, 0.25) is 5.91 Å². The van der Waals surface area contributed by atoms with E-state index >= 15 is 0 Å². The Morgan fingerprint density at radius 3 is 2.94 bits per heavy atom. The number of primary amides is 1. The molecule has 1 aliphatic rings. The fraction of sp³-hybridized carbons (Fsp3) is 0.385. The third-order valence-corrected chi connectivity index (χ3v) is 6.58. The van der Waals surface area contributed by atoms with E-state index in [1.165, 1.54) is 17.7 Å². The number of ether oxygens (including phenoxy) is 1. The van der Waals surface area contributed by atoms with Crippen LogP contribution in [0.3, 0.4) is 0 Å². The van der Waals surface area contributed by atoms with Crippen molar-refractivity contribution in [3.05, 3.63) is 64.6 Å². The van der Waals surface area contributed by atoms with E-state index in [2.05, 4.69) is 29.8 Å². The van der Waals surface area contributed by atoms with Crippen molar-refractivity contribution < 1.29 is 13.9 Å². The Kier molecular flexibility index (Phi) is 6.66. The smallest absolute Gasteiger partial charge is 0.249 e. The second-order valence-corrected chi connectivity index (χ2v) is 8.75. The van der Waals surface area contributed by atoms with E-state index in [9.17, 15) is 14.4 Å². The van der Waals surface area contributed by atoms with Crippen molar-refractivity contribution in [2.45, 2.75) is 51.6 Å². The monoisotopic (exact) mass is 448 g/mol. The molecule has 6 nitrogen and oxygen atoms in total. The highest BCUT2D eigenvalue weighted by Crippen LogP contribution is 2.33. The van der Waals surface area contributed by atoms with Crippen molar-refractivity contribution in [2.24, 2.45) is 5.73 Å². The minimum absolute atomic E-state index is 0.0283. The van der Waals surface area contributed by atoms with Crippen LogP contribution in [0.5, 0.6) is 5.75 Å². The zero-order chi connectivity index (χ0) is 23.5. The normalized spacial score (nSPS) is 16.3. The maximum Gasteiger partial charge on any atom is 0.249 e. The number of carbonyl (C=O) groups excluding carboxylic acids is 1. The number of aryl methyl sites for hydroxylation is 1. The predicted molar refractivity (Wildman–Crippen MR) is 126 cm³/mol. The Morgan fingerprint density at radius 2 is 2.21 bits per heavy atom. The molecule has 1 aliphatic heterocycles. The van der Waals surface area contributed by atoms with Gasteiger partial charge in [0, 0.05) is 40.3 Å². The molecule has 0 saturated heterocycles. The van der Waals surface area contributed by atoms with Gasteiger partial charge in [-0.15, -0.1) is 0 Å². The average molecular weight is 449 g/mol. The number of fused-ring (bicyclic) bond motifs is 2. The Balaban J connectivity index is 1.52. The molecule has 3 N–H and O–H groups in total. The van der Waals surface area contributed by atoms with Crippen molar-refractivity contribution in [2.75, 3.05) is 13.2 Å². The number of hydrogen-bond acceptors (Lipinski definition) is 4. The molecule has 0 aliphatic carbocycles. The van der Waals surface area contributed by atoms with Crippen LogP contribution in [0.1, 0.15) is 53.7 Å². The summed E-state index contributed by atoms with van der Waals surface area (Å²) >= 11 is 0. The lowest BCUT2D eigenvalue weighted by molar-refractivity contribution is 0.0794. The van der Waals surface area contributed by atoms with Crippen LogP contribution >= 0.6 is 0 Å². The molecular weight excluding hydrogens is 419 g/mol. The van der Waals surface area contributed by atoms with Crippen LogP contribution in [0, 0.1) is 17.1 Å². The molecule has 0 bridgehead atoms. The third-order valence-electron chi connectivity index (χ3n) is 6.58. The summed E-state index contributed by atoms with van der Waals surface area (Å²) in [5.41, 5.74) is 9.30. The molecule has 7 heteroatoms. The van der Waals surface area contributed by atoms with Gasteiger partial charge in [0.15, 0.2) is 11.6 Å². The van der Waals surface area contributed by atoms with Gasteiger partial charge in [-0.25, -0.2) is 4.39 Å². The third kappa shape index (κ3) is 4.57. The summed E-state index contributed by atoms with van der Waals surface area (Å²) in [6.45, 7) is 5.57. The molecule has 172 valence electrons. The number of hydrogen-bond donors (Lipinski definition) is 2. The van der Waals surface area contributed by atoms with Crippen LogP contribution in [0.25, 0.3) is 10.9 Å². The SMILES string of the molecule is CCCN([C@@H]1COc2c(F)ccc(C(N)=O)c2C1)[C@@H](C)CCc1c[nH]c2ccc(C#N)cc12. The molecule has 0 fully saturated rings. The van der Waals surface area contributed by atoms with Gasteiger partial charge in [-0.2, -0.15) is 5.26 Å². The summed E-state index contributed by atoms with van der Waals surface area (Å²) in [6, 6.07) is 10.9. The molecule has 0 unspecified atom stereocenters. The number of carbonyl (C=O) groups is 1. The Bertz CT molecular complexity index is 1210. The minimum Gasteiger partial charge on any atom is -0.489 e. The van der Waals surface area contributed by atoms with E-state index in [0.29, 0.717) is 29.7 Å². The second kappa shape index (κ2) is 9.63. The van der Waals surface area contributed by atoms with Gasteiger partial charge >= 0.3 is 0 Å². The average Bonchev–Trinajstić information content (AvgIpc) is 3.22. The summed E-state index contributed by atoms with van der Waals surface area (Å²) in [5.74, 6) is -0.875. The molecule has 0 spiro atoms. The van der Waals surface area contributed by atoms with Crippen molar-refractivity contribution in [3.8, 4) is 11.8 Å². The van der Waals surface area contributed by atoms with E-state index in [1.54, 1.807) is 0 Å². The Morgan fingerprint density at radius 1 is 1.39 bits per heavy atom. The van der Waals surface area contributed by atoms with E-state index in [0.717, 1.165) is 36.7 Å². The maximum absolute atomic E-state index is 14.3. The summed E-state index contributed by atoms with van der Waals surface area (Å²) in [6.07, 6.45) is 5.29. The molecule has 33 heavy (non-hydrogen) atoms. The molecule has 1 aromatic heterocycles. The Labute approximate surface area is 193 Å². The molecule has 3 aromatic rings. The number of nitrogens with two attached hydrogens (primary N) is 1. The maximum atomic E-state index is 14.3. The van der Waals surface area contributed by atoms with Crippen molar-refractivity contribution in [1.82, 2.24) is 9.88 Å². The molecule has 4 rings (SSSR count). The first-order chi connectivity index (χ1) is 15.9. The highest BCUT2D eigenvalue weighted by molar-refractivity contribution is 5.95. The van der Waals surface area contributed by atoms with Gasteiger partial charge in [0.1, 0.15) is 6.61 Å². The van der Waals surface area contributed by atoms with Crippen LogP contribution in [0.2, 0.25) is 0 Å². The summed E-state index contributed by atoms with van der Waals surface area (Å²) in [4.78, 5) is 17.6. The lowest BCUT2D eigenvalue weighted by atomic mass is 9.94. The largest absolute Gasteiger partial charge is 0.489 e. The number of H-pyrrole nitrogens is 1. The van der Waals surface area contributed by atoms with Gasteiger partial charge in [-0.1, -0.05) is 6.92 Å². The highest BCUT2D eigenvalue weighted by atomic mass is 19.1. The zero-order valence-electron chi connectivity index (χ0n) is 19.0. The van der Waals surface area contributed by atoms with Crippen LogP contribution in [0.4, 0.5) is 4.39 Å². The molecular formula is C26H29FN4O2. The number of aromatic amines is 1. The zero-order valence-corrected chi connectivity index (χ0v) is 19.0. The van der Waals surface area contributed by atoms with Gasteiger partial charge in [0.05, 0.1) is 11.6 Å². The molecule has 2 atom stereocenters. The van der Waals surface area contributed by atoms with Crippen LogP contribution in [0.15, 0.2) is 36.5 Å². The molecule has 0 radical (unpaired) electrons. The number of halogens is 1. The van der Waals surface area contributed by atoms with E-state index in [-0.39, 0.29) is 17.8 Å². The number of benzene rings is 2. The summed E-state index contributed by atoms with van der Waals surface area (Å²) < 4.78 is 20.1. The molecule has 2 heterocycles. The van der Waals surface area contributed by atoms with Gasteiger partial charge < -0.3 is 15.5 Å². The van der Waals surface area contributed by atoms with Crippen LogP contribution in [-0.2, 0) is 12.8 Å². The predicted octanol–water partition coefficient (Wildman–Crippen LogP) is 4.31. The first-order valence-electron chi connectivity index (χ1n) is 11.4. The fourth-order valence-corrected chi connectivity index (χ4v) is 4.88. The lowest BCUT2D eigenvalue weighted by Crippen LogP contribution is -2.48. The quantitative estimate of drug-likeness (QED) is 0.537. The lowest BCUT2D eigenvalue weighted by Gasteiger charge is -2.39. The summed E-state index contributed by atoms with van der Waals surface area (Å²) in [7, 11) is 0. The summed E-state index contributed by atoms with van der Waals surface area (Å²) in [5, 5.41) is 10.3. The molecule has 1 amide bonds. The van der Waals surface area contributed by atoms with Gasteiger partial charge in [-0.05, 0) is 75.0 Å². The Hall–Kier alpha value is -3.37. The highest BCUT2D eigenvalue weighted by Gasteiger charge is 2.32. The second-order valence-electron chi connectivity index (χ2n) is 8.75. The fourth-order valence-electron chi connectivity index (χ4n) is 4.88. The number of aromatic nitrogens is 1. The number of nitrogens with one attached hydrogen (secondary N) is 1. The van der Waals surface area contributed by atoms with Crippen LogP contribution in [-0.4, -0.2) is 41.0 Å². The number of nitriles is 1. The molecule has 2 aromatic carbocycles. The van der Waals surface area contributed by atoms with E-state index < -0.39 is 11.7 Å². The van der Waals surface area contributed by atoms with Crippen LogP contribution < -0.4 is 10.5 Å². The topological polar surface area (TPSA) is 95.1 Å². The minimum atomic E-state index is -0.568. The first-order valence-corrected chi connectivity index (χ1v) is 11.4. The first kappa shape index (κ1) is 22.8. The number of rotatable bonds is 8. The van der Waals surface area contributed by atoms with Gasteiger partial charge in [0.25, 0.3) is 0 Å². The molecule has 0 saturated carbocycles. The van der Waals surface area contributed by atoms with Crippen molar-refractivity contribution in [3.63, 3.8) is 0 Å². The van der Waals surface area contributed by atoms with E-state index in [4.69, 9.17) is 10.5 Å². The van der Waals surface area contributed by atoms with Crippen molar-refractivity contribution >= 4 is 16.8 Å². The number of amides is 1.